The summed E-state index contributed by atoms with van der Waals surface area (Å²) in [6.45, 7) is 8.91. The maximum absolute atomic E-state index is 3.52. The number of likely N-dealkylation sites (N-methyl/N-ethyl adjacent to an activating group) is 1. The van der Waals surface area contributed by atoms with Crippen molar-refractivity contribution in [2.75, 3.05) is 7.05 Å². The maximum atomic E-state index is 3.52. The Morgan fingerprint density at radius 1 is 0.900 bits per heavy atom. The molecule has 2 rings (SSSR count). The molecule has 0 aromatic heterocycles. The summed E-state index contributed by atoms with van der Waals surface area (Å²) in [5.41, 5.74) is 6.92. The predicted molar refractivity (Wildman–Crippen MR) is 87.3 cm³/mol. The minimum Gasteiger partial charge on any atom is -0.312 e. The van der Waals surface area contributed by atoms with Gasteiger partial charge in [-0.3, -0.25) is 0 Å². The van der Waals surface area contributed by atoms with Crippen LogP contribution in [-0.4, -0.2) is 7.05 Å². The highest BCUT2D eigenvalue weighted by Crippen LogP contribution is 2.34. The summed E-state index contributed by atoms with van der Waals surface area (Å²) in [7, 11) is 2.06. The summed E-state index contributed by atoms with van der Waals surface area (Å²) in [5.74, 6) is 0.446. The lowest BCUT2D eigenvalue weighted by atomic mass is 9.84. The minimum atomic E-state index is 0.345. The van der Waals surface area contributed by atoms with Gasteiger partial charge in [-0.2, -0.15) is 0 Å². The van der Waals surface area contributed by atoms with Crippen molar-refractivity contribution < 1.29 is 0 Å². The molecule has 0 aliphatic carbocycles. The van der Waals surface area contributed by atoms with Crippen molar-refractivity contribution in [1.29, 1.82) is 0 Å². The highest BCUT2D eigenvalue weighted by atomic mass is 14.9. The van der Waals surface area contributed by atoms with Crippen LogP contribution in [0.25, 0.3) is 0 Å². The Hall–Kier alpha value is -1.60. The standard InChI is InChI=1S/C19H25N/c1-13-11-14(2)18(15(3)12-13)19(20-5)16(4)17-9-7-6-8-10-17/h6-12,16,19-20H,1-5H3. The zero-order valence-electron chi connectivity index (χ0n) is 13.2. The fourth-order valence-corrected chi connectivity index (χ4v) is 3.28. The van der Waals surface area contributed by atoms with Gasteiger partial charge < -0.3 is 5.32 Å². The van der Waals surface area contributed by atoms with E-state index in [0.717, 1.165) is 0 Å². The topological polar surface area (TPSA) is 12.0 Å². The van der Waals surface area contributed by atoms with Gasteiger partial charge in [0.15, 0.2) is 0 Å². The lowest BCUT2D eigenvalue weighted by Gasteiger charge is -2.28. The molecule has 2 unspecified atom stereocenters. The monoisotopic (exact) mass is 267 g/mol. The summed E-state index contributed by atoms with van der Waals surface area (Å²) in [6.07, 6.45) is 0. The van der Waals surface area contributed by atoms with Crippen LogP contribution < -0.4 is 5.32 Å². The van der Waals surface area contributed by atoms with Gasteiger partial charge in [-0.05, 0) is 50.1 Å². The normalized spacial score (nSPS) is 14.1. The Bertz CT molecular complexity index is 549. The van der Waals surface area contributed by atoms with Crippen LogP contribution in [0, 0.1) is 20.8 Å². The molecule has 0 amide bonds. The summed E-state index contributed by atoms with van der Waals surface area (Å²) in [6, 6.07) is 15.7. The summed E-state index contributed by atoms with van der Waals surface area (Å²) in [4.78, 5) is 0. The first-order chi connectivity index (χ1) is 9.54. The van der Waals surface area contributed by atoms with Gasteiger partial charge >= 0.3 is 0 Å². The van der Waals surface area contributed by atoms with Crippen LogP contribution in [0.1, 0.15) is 46.7 Å². The zero-order chi connectivity index (χ0) is 14.7. The van der Waals surface area contributed by atoms with Gasteiger partial charge in [-0.15, -0.1) is 0 Å². The minimum absolute atomic E-state index is 0.345. The quantitative estimate of drug-likeness (QED) is 0.848. The second-order valence-electron chi connectivity index (χ2n) is 5.78. The van der Waals surface area contributed by atoms with E-state index in [-0.39, 0.29) is 0 Å². The molecule has 2 atom stereocenters. The van der Waals surface area contributed by atoms with Crippen molar-refractivity contribution in [1.82, 2.24) is 5.32 Å². The third-order valence-corrected chi connectivity index (χ3v) is 4.19. The third kappa shape index (κ3) is 2.94. The van der Waals surface area contributed by atoms with Crippen molar-refractivity contribution in [3.8, 4) is 0 Å². The molecule has 0 saturated carbocycles. The van der Waals surface area contributed by atoms with E-state index in [4.69, 9.17) is 0 Å². The Kier molecular flexibility index (Phi) is 4.61. The van der Waals surface area contributed by atoms with Gasteiger partial charge in [0.2, 0.25) is 0 Å². The van der Waals surface area contributed by atoms with E-state index in [0.29, 0.717) is 12.0 Å². The first kappa shape index (κ1) is 14.8. The zero-order valence-corrected chi connectivity index (χ0v) is 13.2. The molecule has 0 aliphatic heterocycles. The fraction of sp³-hybridized carbons (Fsp3) is 0.368. The summed E-state index contributed by atoms with van der Waals surface area (Å²) < 4.78 is 0. The van der Waals surface area contributed by atoms with Crippen LogP contribution >= 0.6 is 0 Å². The lowest BCUT2D eigenvalue weighted by Crippen LogP contribution is -2.24. The lowest BCUT2D eigenvalue weighted by molar-refractivity contribution is 0.503. The maximum Gasteiger partial charge on any atom is 0.0389 e. The molecule has 0 heterocycles. The average Bonchev–Trinajstić information content (AvgIpc) is 2.43. The van der Waals surface area contributed by atoms with Crippen molar-refractivity contribution in [2.45, 2.75) is 39.7 Å². The number of nitrogens with one attached hydrogen (secondary N) is 1. The second kappa shape index (κ2) is 6.23. The van der Waals surface area contributed by atoms with Crippen LogP contribution in [-0.2, 0) is 0 Å². The highest BCUT2D eigenvalue weighted by molar-refractivity contribution is 5.41. The van der Waals surface area contributed by atoms with E-state index in [9.17, 15) is 0 Å². The third-order valence-electron chi connectivity index (χ3n) is 4.19. The number of rotatable bonds is 4. The van der Waals surface area contributed by atoms with E-state index < -0.39 is 0 Å². The smallest absolute Gasteiger partial charge is 0.0389 e. The second-order valence-corrected chi connectivity index (χ2v) is 5.78. The Morgan fingerprint density at radius 2 is 1.45 bits per heavy atom. The van der Waals surface area contributed by atoms with Gasteiger partial charge in [0, 0.05) is 12.0 Å². The van der Waals surface area contributed by atoms with E-state index in [1.165, 1.54) is 27.8 Å². The van der Waals surface area contributed by atoms with Crippen LogP contribution in [0.5, 0.6) is 0 Å². The van der Waals surface area contributed by atoms with Crippen molar-refractivity contribution in [3.63, 3.8) is 0 Å². The molecule has 0 saturated heterocycles. The first-order valence-electron chi connectivity index (χ1n) is 7.34. The van der Waals surface area contributed by atoms with Gasteiger partial charge in [0.25, 0.3) is 0 Å². The molecule has 20 heavy (non-hydrogen) atoms. The number of hydrogen-bond acceptors (Lipinski definition) is 1. The van der Waals surface area contributed by atoms with Crippen LogP contribution in [0.3, 0.4) is 0 Å². The molecular weight excluding hydrogens is 242 g/mol. The van der Waals surface area contributed by atoms with Gasteiger partial charge in [0.1, 0.15) is 0 Å². The Labute approximate surface area is 123 Å². The molecule has 0 radical (unpaired) electrons. The molecule has 0 fully saturated rings. The molecular formula is C19H25N. The molecule has 1 nitrogen and oxygen atoms in total. The molecule has 0 spiro atoms. The SMILES string of the molecule is CNC(c1c(C)cc(C)cc1C)C(C)c1ccccc1. The van der Waals surface area contributed by atoms with Crippen molar-refractivity contribution in [3.05, 3.63) is 70.3 Å². The van der Waals surface area contributed by atoms with E-state index in [1.54, 1.807) is 0 Å². The number of aryl methyl sites for hydroxylation is 3. The number of benzene rings is 2. The average molecular weight is 267 g/mol. The van der Waals surface area contributed by atoms with Gasteiger partial charge in [0.05, 0.1) is 0 Å². The fourth-order valence-electron chi connectivity index (χ4n) is 3.28. The predicted octanol–water partition coefficient (Wildman–Crippen LogP) is 4.68. The van der Waals surface area contributed by atoms with Gasteiger partial charge in [-0.25, -0.2) is 0 Å². The molecule has 1 N–H and O–H groups in total. The van der Waals surface area contributed by atoms with Crippen LogP contribution in [0.4, 0.5) is 0 Å². The molecule has 0 bridgehead atoms. The molecule has 0 aliphatic rings. The molecule has 2 aromatic rings. The summed E-state index contributed by atoms with van der Waals surface area (Å²) >= 11 is 0. The van der Waals surface area contributed by atoms with E-state index in [2.05, 4.69) is 82.5 Å². The van der Waals surface area contributed by atoms with Gasteiger partial charge in [-0.1, -0.05) is 55.0 Å². The highest BCUT2D eigenvalue weighted by Gasteiger charge is 2.22. The van der Waals surface area contributed by atoms with Crippen LogP contribution in [0.15, 0.2) is 42.5 Å². The van der Waals surface area contributed by atoms with Crippen LogP contribution in [0.2, 0.25) is 0 Å². The molecule has 106 valence electrons. The van der Waals surface area contributed by atoms with Crippen molar-refractivity contribution >= 4 is 0 Å². The molecule has 2 aromatic carbocycles. The van der Waals surface area contributed by atoms with E-state index in [1.807, 2.05) is 0 Å². The summed E-state index contributed by atoms with van der Waals surface area (Å²) in [5, 5.41) is 3.52. The Balaban J connectivity index is 2.43. The first-order valence-corrected chi connectivity index (χ1v) is 7.34. The van der Waals surface area contributed by atoms with Crippen molar-refractivity contribution in [2.24, 2.45) is 0 Å². The Morgan fingerprint density at radius 3 is 1.95 bits per heavy atom. The largest absolute Gasteiger partial charge is 0.312 e. The molecule has 1 heteroatoms. The van der Waals surface area contributed by atoms with E-state index >= 15 is 0 Å². The number of hydrogen-bond donors (Lipinski definition) is 1.